The smallest absolute Gasteiger partial charge is 0.229 e. The molecule has 1 aromatic heterocycles. The Morgan fingerprint density at radius 2 is 2.21 bits per heavy atom. The van der Waals surface area contributed by atoms with Crippen LogP contribution in [-0.4, -0.2) is 49.1 Å². The number of nitrogens with one attached hydrogen (secondary N) is 2. The zero-order chi connectivity index (χ0) is 20.6. The maximum absolute atomic E-state index is 11.7. The summed E-state index contributed by atoms with van der Waals surface area (Å²) in [6, 6.07) is 6.59. The molecule has 0 fully saturated rings. The van der Waals surface area contributed by atoms with Gasteiger partial charge in [-0.2, -0.15) is 4.98 Å². The number of aliphatic hydroxyl groups excluding tert-OH is 1. The maximum Gasteiger partial charge on any atom is 0.229 e. The summed E-state index contributed by atoms with van der Waals surface area (Å²) < 4.78 is 23.3. The van der Waals surface area contributed by atoms with E-state index in [0.29, 0.717) is 23.1 Å². The van der Waals surface area contributed by atoms with Gasteiger partial charge in [0.2, 0.25) is 5.95 Å². The maximum atomic E-state index is 11.7. The molecular weight excluding hydrogens is 404 g/mol. The fraction of sp³-hybridized carbons (Fsp3) is 0.235. The molecule has 1 heterocycles. The van der Waals surface area contributed by atoms with E-state index in [1.807, 2.05) is 0 Å². The first-order valence-corrected chi connectivity index (χ1v) is 10.5. The molecule has 0 atom stereocenters. The number of nitrogens with zero attached hydrogens (tertiary/aromatic N) is 3. The van der Waals surface area contributed by atoms with Crippen LogP contribution in [0.1, 0.15) is 5.56 Å². The van der Waals surface area contributed by atoms with Crippen LogP contribution >= 0.6 is 11.6 Å². The van der Waals surface area contributed by atoms with Gasteiger partial charge in [0.05, 0.1) is 29.9 Å². The van der Waals surface area contributed by atoms with Crippen molar-refractivity contribution in [2.24, 2.45) is 10.7 Å². The van der Waals surface area contributed by atoms with Gasteiger partial charge in [-0.1, -0.05) is 23.7 Å². The third-order valence-electron chi connectivity index (χ3n) is 3.43. The molecule has 11 heteroatoms. The minimum absolute atomic E-state index is 0.0691. The Balaban J connectivity index is 2.11. The van der Waals surface area contributed by atoms with E-state index < -0.39 is 9.84 Å². The first-order chi connectivity index (χ1) is 13.3. The highest BCUT2D eigenvalue weighted by Crippen LogP contribution is 2.21. The second kappa shape index (κ2) is 10.0. The number of aliphatic hydroxyl groups is 1. The Labute approximate surface area is 168 Å². The summed E-state index contributed by atoms with van der Waals surface area (Å²) in [5, 5.41) is 15.0. The first kappa shape index (κ1) is 21.6. The minimum atomic E-state index is -3.28. The average Bonchev–Trinajstić information content (AvgIpc) is 2.67. The predicted molar refractivity (Wildman–Crippen MR) is 110 cm³/mol. The largest absolute Gasteiger partial charge is 0.403 e. The first-order valence-electron chi connectivity index (χ1n) is 8.18. The van der Waals surface area contributed by atoms with Gasteiger partial charge in [0.1, 0.15) is 5.02 Å². The van der Waals surface area contributed by atoms with Gasteiger partial charge in [-0.15, -0.1) is 0 Å². The van der Waals surface area contributed by atoms with Crippen molar-refractivity contribution in [1.82, 2.24) is 9.97 Å². The van der Waals surface area contributed by atoms with Crippen molar-refractivity contribution in [3.05, 3.63) is 52.9 Å². The molecule has 0 saturated heterocycles. The molecule has 28 heavy (non-hydrogen) atoms. The van der Waals surface area contributed by atoms with Gasteiger partial charge in [0.25, 0.3) is 0 Å². The number of allylic oxidation sites excluding steroid dienone is 1. The third kappa shape index (κ3) is 6.48. The van der Waals surface area contributed by atoms with E-state index in [1.54, 1.807) is 18.2 Å². The van der Waals surface area contributed by atoms with Gasteiger partial charge >= 0.3 is 0 Å². The van der Waals surface area contributed by atoms with Crippen LogP contribution in [0.5, 0.6) is 0 Å². The summed E-state index contributed by atoms with van der Waals surface area (Å²) >= 11 is 6.13. The number of sulfone groups is 1. The number of hydrogen-bond acceptors (Lipinski definition) is 9. The van der Waals surface area contributed by atoms with Crippen LogP contribution in [0.4, 0.5) is 11.8 Å². The van der Waals surface area contributed by atoms with E-state index in [-0.39, 0.29) is 24.0 Å². The van der Waals surface area contributed by atoms with Crippen LogP contribution < -0.4 is 16.4 Å². The van der Waals surface area contributed by atoms with E-state index in [9.17, 15) is 8.42 Å². The molecule has 5 N–H and O–H groups in total. The summed E-state index contributed by atoms with van der Waals surface area (Å²) in [6.07, 6.45) is 5.33. The second-order valence-electron chi connectivity index (χ2n) is 5.67. The van der Waals surface area contributed by atoms with E-state index in [0.717, 1.165) is 11.8 Å². The van der Waals surface area contributed by atoms with Gasteiger partial charge in [0, 0.05) is 25.2 Å². The Bertz CT molecular complexity index is 979. The number of aromatic nitrogens is 2. The van der Waals surface area contributed by atoms with Crippen LogP contribution in [0.2, 0.25) is 5.02 Å². The molecule has 0 unspecified atom stereocenters. The number of benzene rings is 1. The Morgan fingerprint density at radius 3 is 2.89 bits per heavy atom. The van der Waals surface area contributed by atoms with Gasteiger partial charge in [-0.05, 0) is 17.7 Å². The second-order valence-corrected chi connectivity index (χ2v) is 8.09. The van der Waals surface area contributed by atoms with Crippen molar-refractivity contribution in [2.75, 3.05) is 30.0 Å². The van der Waals surface area contributed by atoms with Gasteiger partial charge in [-0.25, -0.2) is 13.4 Å². The monoisotopic (exact) mass is 424 g/mol. The highest BCUT2D eigenvalue weighted by molar-refractivity contribution is 7.90. The predicted octanol–water partition coefficient (Wildman–Crippen LogP) is 1.42. The minimum Gasteiger partial charge on any atom is -0.403 e. The summed E-state index contributed by atoms with van der Waals surface area (Å²) in [6.45, 7) is 0.497. The van der Waals surface area contributed by atoms with Crippen LogP contribution in [0, 0.1) is 0 Å². The van der Waals surface area contributed by atoms with Crippen molar-refractivity contribution in [3.63, 3.8) is 0 Å². The Hall–Kier alpha value is -2.69. The molecule has 0 amide bonds. The topological polar surface area (TPSA) is 143 Å². The molecule has 9 nitrogen and oxygen atoms in total. The highest BCUT2D eigenvalue weighted by Gasteiger charge is 2.09. The number of halogens is 1. The molecule has 0 aliphatic rings. The number of anilines is 2. The molecule has 0 aliphatic carbocycles. The lowest BCUT2D eigenvalue weighted by Gasteiger charge is -2.11. The number of nitrogens with two attached hydrogens (primary N) is 1. The van der Waals surface area contributed by atoms with Gasteiger partial charge < -0.3 is 21.5 Å². The molecule has 2 rings (SSSR count). The normalized spacial score (nSPS) is 12.3. The van der Waals surface area contributed by atoms with Crippen LogP contribution in [0.25, 0.3) is 0 Å². The molecule has 0 spiro atoms. The van der Waals surface area contributed by atoms with Crippen LogP contribution in [0.15, 0.2) is 52.2 Å². The van der Waals surface area contributed by atoms with Crippen molar-refractivity contribution < 1.29 is 13.5 Å². The molecule has 0 radical (unpaired) electrons. The van der Waals surface area contributed by atoms with Crippen molar-refractivity contribution in [2.45, 2.75) is 11.4 Å². The quantitative estimate of drug-likeness (QED) is 0.442. The van der Waals surface area contributed by atoms with Crippen LogP contribution in [0.3, 0.4) is 0 Å². The van der Waals surface area contributed by atoms with E-state index in [4.69, 9.17) is 22.4 Å². The number of hydrogen-bond donors (Lipinski definition) is 4. The molecule has 2 aromatic rings. The lowest BCUT2D eigenvalue weighted by Crippen LogP contribution is -2.10. The Kier molecular flexibility index (Phi) is 7.73. The zero-order valence-electron chi connectivity index (χ0n) is 15.1. The summed E-state index contributed by atoms with van der Waals surface area (Å²) in [4.78, 5) is 12.6. The molecule has 150 valence electrons. The van der Waals surface area contributed by atoms with E-state index in [2.05, 4.69) is 25.6 Å². The fourth-order valence-corrected chi connectivity index (χ4v) is 2.94. The summed E-state index contributed by atoms with van der Waals surface area (Å²) in [5.74, 6) is 0.608. The summed E-state index contributed by atoms with van der Waals surface area (Å²) in [7, 11) is -3.28. The lowest BCUT2D eigenvalue weighted by atomic mass is 10.2. The van der Waals surface area contributed by atoms with E-state index in [1.165, 1.54) is 24.7 Å². The summed E-state index contributed by atoms with van der Waals surface area (Å²) in [5.41, 5.74) is 6.73. The lowest BCUT2D eigenvalue weighted by molar-refractivity contribution is 0.307. The number of rotatable bonds is 9. The zero-order valence-corrected chi connectivity index (χ0v) is 16.7. The molecule has 1 aromatic carbocycles. The molecule has 0 aliphatic heterocycles. The highest BCUT2D eigenvalue weighted by atomic mass is 35.5. The SMILES string of the molecule is CS(=O)(=O)c1cccc(CNc2nc(N/C(C=NCCO)=C/N)ncc2Cl)c1. The van der Waals surface area contributed by atoms with Crippen molar-refractivity contribution >= 4 is 39.4 Å². The third-order valence-corrected chi connectivity index (χ3v) is 4.81. The Morgan fingerprint density at radius 1 is 1.43 bits per heavy atom. The van der Waals surface area contributed by atoms with Crippen LogP contribution in [-0.2, 0) is 16.4 Å². The van der Waals surface area contributed by atoms with E-state index >= 15 is 0 Å². The fourth-order valence-electron chi connectivity index (χ4n) is 2.09. The van der Waals surface area contributed by atoms with Gasteiger partial charge in [0.15, 0.2) is 15.7 Å². The standard InChI is InChI=1S/C17H21ClN6O3S/c1-28(26,27)14-4-2-3-12(7-14)9-21-16-15(18)11-22-17(24-16)23-13(8-19)10-20-5-6-25/h2-4,7-8,10-11,25H,5-6,9,19H2,1H3,(H2,21,22,23,24)/b13-8+,20-10?. The molecule has 0 bridgehead atoms. The van der Waals surface area contributed by atoms with Crippen molar-refractivity contribution in [3.8, 4) is 0 Å². The van der Waals surface area contributed by atoms with Crippen molar-refractivity contribution in [1.29, 1.82) is 0 Å². The average molecular weight is 425 g/mol. The van der Waals surface area contributed by atoms with Gasteiger partial charge in [-0.3, -0.25) is 4.99 Å². The molecular formula is C17H21ClN6O3S. The number of aliphatic imine (C=N–C) groups is 1. The molecule has 0 saturated carbocycles.